The topological polar surface area (TPSA) is 122 Å². The molecular weight excluding hydrogens is 360 g/mol. The van der Waals surface area contributed by atoms with Crippen LogP contribution in [0.4, 0.5) is 29.0 Å². The van der Waals surface area contributed by atoms with Gasteiger partial charge in [-0.1, -0.05) is 6.58 Å². The van der Waals surface area contributed by atoms with Gasteiger partial charge in [-0.15, -0.1) is 0 Å². The molecule has 10 nitrogen and oxygen atoms in total. The van der Waals surface area contributed by atoms with Crippen molar-refractivity contribution >= 4 is 34.9 Å². The zero-order valence-corrected chi connectivity index (χ0v) is 16.6. The van der Waals surface area contributed by atoms with E-state index in [2.05, 4.69) is 37.1 Å². The van der Waals surface area contributed by atoms with E-state index in [-0.39, 0.29) is 17.8 Å². The predicted octanol–water partition coefficient (Wildman–Crippen LogP) is 1.33. The number of rotatable bonds is 9. The van der Waals surface area contributed by atoms with Crippen LogP contribution in [0.5, 0.6) is 5.75 Å². The highest BCUT2D eigenvalue weighted by Gasteiger charge is 2.16. The van der Waals surface area contributed by atoms with E-state index in [4.69, 9.17) is 10.5 Å². The van der Waals surface area contributed by atoms with Crippen molar-refractivity contribution in [3.05, 3.63) is 31.1 Å². The Morgan fingerprint density at radius 1 is 1.25 bits per heavy atom. The van der Waals surface area contributed by atoms with Gasteiger partial charge >= 0.3 is 0 Å². The van der Waals surface area contributed by atoms with E-state index in [0.29, 0.717) is 17.1 Å². The Balaban J connectivity index is 2.44. The molecule has 150 valence electrons. The van der Waals surface area contributed by atoms with Gasteiger partial charge in [0.15, 0.2) is 0 Å². The largest absolute Gasteiger partial charge is 0.494 e. The molecule has 1 aromatic heterocycles. The van der Waals surface area contributed by atoms with E-state index in [0.717, 1.165) is 18.8 Å². The number of nitrogens with one attached hydrogen (secondary N) is 2. The fraction of sp³-hybridized carbons (Fsp3) is 0.333. The highest BCUT2D eigenvalue weighted by Crippen LogP contribution is 2.37. The lowest BCUT2D eigenvalue weighted by Crippen LogP contribution is -2.29. The fourth-order valence-electron chi connectivity index (χ4n) is 2.40. The summed E-state index contributed by atoms with van der Waals surface area (Å²) in [7, 11) is 7.51. The average Bonchev–Trinajstić information content (AvgIpc) is 2.66. The number of benzene rings is 1. The summed E-state index contributed by atoms with van der Waals surface area (Å²) in [5.74, 6) is 0.599. The van der Waals surface area contributed by atoms with E-state index in [1.54, 1.807) is 13.2 Å². The van der Waals surface area contributed by atoms with E-state index < -0.39 is 0 Å². The number of anilines is 5. The third kappa shape index (κ3) is 5.55. The number of carbonyl (C=O) groups excluding carboxylic acids is 1. The number of likely N-dealkylation sites (N-methyl/N-ethyl adjacent to an activating group) is 2. The molecular formula is C18H26N8O2. The first-order valence-electron chi connectivity index (χ1n) is 8.57. The number of hydrogen-bond donors (Lipinski definition) is 3. The molecule has 0 radical (unpaired) electrons. The smallest absolute Gasteiger partial charge is 0.247 e. The molecule has 2 rings (SSSR count). The monoisotopic (exact) mass is 386 g/mol. The van der Waals surface area contributed by atoms with Gasteiger partial charge in [0, 0.05) is 26.2 Å². The molecule has 1 aromatic carbocycles. The predicted molar refractivity (Wildman–Crippen MR) is 111 cm³/mol. The standard InChI is InChI=1S/C18H26N8O2/c1-6-16(27)22-12-9-13(23-18-21-11-20-17(19)24-18)15(28-5)10-14(12)26(4)8-7-25(2)3/h6,9-11H,1,7-8H2,2-5H3,(H,22,27)(H3,19,20,21,23,24). The zero-order chi connectivity index (χ0) is 20.7. The van der Waals surface area contributed by atoms with Crippen molar-refractivity contribution in [1.82, 2.24) is 19.9 Å². The molecule has 0 saturated carbocycles. The lowest BCUT2D eigenvalue weighted by atomic mass is 10.2. The maximum Gasteiger partial charge on any atom is 0.247 e. The molecule has 1 amide bonds. The number of methoxy groups -OCH3 is 1. The summed E-state index contributed by atoms with van der Waals surface area (Å²) in [4.78, 5) is 27.9. The van der Waals surface area contributed by atoms with Crippen LogP contribution in [0, 0.1) is 0 Å². The fourth-order valence-corrected chi connectivity index (χ4v) is 2.40. The number of ether oxygens (including phenoxy) is 1. The molecule has 0 fully saturated rings. The van der Waals surface area contributed by atoms with E-state index >= 15 is 0 Å². The molecule has 10 heteroatoms. The van der Waals surface area contributed by atoms with Gasteiger partial charge in [0.05, 0.1) is 24.2 Å². The summed E-state index contributed by atoms with van der Waals surface area (Å²) in [6.07, 6.45) is 2.52. The minimum atomic E-state index is -0.317. The molecule has 0 atom stereocenters. The summed E-state index contributed by atoms with van der Waals surface area (Å²) >= 11 is 0. The Morgan fingerprint density at radius 2 is 2.00 bits per heavy atom. The quantitative estimate of drug-likeness (QED) is 0.548. The first-order chi connectivity index (χ1) is 13.3. The van der Waals surface area contributed by atoms with Crippen molar-refractivity contribution in [3.63, 3.8) is 0 Å². The van der Waals surface area contributed by atoms with E-state index in [9.17, 15) is 4.79 Å². The average molecular weight is 386 g/mol. The first-order valence-corrected chi connectivity index (χ1v) is 8.57. The molecule has 0 aliphatic rings. The second-order valence-electron chi connectivity index (χ2n) is 6.28. The molecule has 0 saturated heterocycles. The molecule has 2 aromatic rings. The van der Waals surface area contributed by atoms with Crippen molar-refractivity contribution in [2.45, 2.75) is 0 Å². The minimum absolute atomic E-state index is 0.0942. The number of nitrogens with two attached hydrogens (primary N) is 1. The van der Waals surface area contributed by atoms with Crippen molar-refractivity contribution in [3.8, 4) is 5.75 Å². The number of nitrogens with zero attached hydrogens (tertiary/aromatic N) is 5. The maximum absolute atomic E-state index is 11.9. The van der Waals surface area contributed by atoms with Crippen LogP contribution in [-0.2, 0) is 4.79 Å². The van der Waals surface area contributed by atoms with Crippen LogP contribution in [-0.4, -0.2) is 67.1 Å². The van der Waals surface area contributed by atoms with Gasteiger partial charge in [-0.25, -0.2) is 9.97 Å². The van der Waals surface area contributed by atoms with Gasteiger partial charge in [0.25, 0.3) is 0 Å². The van der Waals surface area contributed by atoms with Crippen LogP contribution in [0.15, 0.2) is 31.1 Å². The molecule has 0 unspecified atom stereocenters. The summed E-state index contributed by atoms with van der Waals surface area (Å²) in [6, 6.07) is 3.59. The van der Waals surface area contributed by atoms with E-state index in [1.165, 1.54) is 12.4 Å². The maximum atomic E-state index is 11.9. The number of carbonyl (C=O) groups is 1. The Kier molecular flexibility index (Phi) is 7.10. The first kappa shape index (κ1) is 20.9. The van der Waals surface area contributed by atoms with Crippen molar-refractivity contribution < 1.29 is 9.53 Å². The summed E-state index contributed by atoms with van der Waals surface area (Å²) in [6.45, 7) is 5.11. The van der Waals surface area contributed by atoms with Crippen molar-refractivity contribution in [2.75, 3.05) is 62.6 Å². The molecule has 0 aliphatic carbocycles. The van der Waals surface area contributed by atoms with E-state index in [1.807, 2.05) is 32.1 Å². The van der Waals surface area contributed by atoms with Crippen molar-refractivity contribution in [2.24, 2.45) is 0 Å². The Labute approximate surface area is 164 Å². The highest BCUT2D eigenvalue weighted by molar-refractivity contribution is 6.02. The lowest BCUT2D eigenvalue weighted by molar-refractivity contribution is -0.111. The Morgan fingerprint density at radius 3 is 2.61 bits per heavy atom. The van der Waals surface area contributed by atoms with Crippen LogP contribution in [0.1, 0.15) is 0 Å². The lowest BCUT2D eigenvalue weighted by Gasteiger charge is -2.25. The molecule has 1 heterocycles. The van der Waals surface area contributed by atoms with Crippen LogP contribution in [0.3, 0.4) is 0 Å². The van der Waals surface area contributed by atoms with Crippen LogP contribution in [0.25, 0.3) is 0 Å². The Bertz CT molecular complexity index is 840. The normalized spacial score (nSPS) is 10.5. The third-order valence-corrected chi connectivity index (χ3v) is 3.89. The number of nitrogen functional groups attached to an aromatic ring is 1. The Hall–Kier alpha value is -3.40. The van der Waals surface area contributed by atoms with Crippen LogP contribution in [0.2, 0.25) is 0 Å². The third-order valence-electron chi connectivity index (χ3n) is 3.89. The summed E-state index contributed by atoms with van der Waals surface area (Å²) < 4.78 is 5.52. The number of aromatic nitrogens is 3. The SMILES string of the molecule is C=CC(=O)Nc1cc(Nc2ncnc(N)n2)c(OC)cc1N(C)CCN(C)C. The number of hydrogen-bond acceptors (Lipinski definition) is 9. The second-order valence-corrected chi connectivity index (χ2v) is 6.28. The van der Waals surface area contributed by atoms with Crippen molar-refractivity contribution in [1.29, 1.82) is 0 Å². The van der Waals surface area contributed by atoms with Gasteiger partial charge in [-0.05, 0) is 26.2 Å². The van der Waals surface area contributed by atoms with Gasteiger partial charge < -0.3 is 30.9 Å². The second kappa shape index (κ2) is 9.51. The van der Waals surface area contributed by atoms with Gasteiger partial charge in [0.1, 0.15) is 12.1 Å². The summed E-state index contributed by atoms with van der Waals surface area (Å²) in [5, 5.41) is 5.87. The van der Waals surface area contributed by atoms with Gasteiger partial charge in [-0.3, -0.25) is 4.79 Å². The zero-order valence-electron chi connectivity index (χ0n) is 16.6. The van der Waals surface area contributed by atoms with Crippen LogP contribution >= 0.6 is 0 Å². The minimum Gasteiger partial charge on any atom is -0.494 e. The molecule has 28 heavy (non-hydrogen) atoms. The molecule has 0 aliphatic heterocycles. The summed E-state index contributed by atoms with van der Waals surface area (Å²) in [5.41, 5.74) is 7.57. The van der Waals surface area contributed by atoms with Gasteiger partial charge in [0.2, 0.25) is 17.8 Å². The molecule has 0 spiro atoms. The van der Waals surface area contributed by atoms with Crippen LogP contribution < -0.4 is 26.0 Å². The highest BCUT2D eigenvalue weighted by atomic mass is 16.5. The van der Waals surface area contributed by atoms with Gasteiger partial charge in [-0.2, -0.15) is 4.98 Å². The molecule has 4 N–H and O–H groups in total. The number of amides is 1. The molecule has 0 bridgehead atoms.